The first kappa shape index (κ1) is 18.9. The molecule has 0 bridgehead atoms. The predicted octanol–water partition coefficient (Wildman–Crippen LogP) is 4.55. The Morgan fingerprint density at radius 1 is 1.28 bits per heavy atom. The van der Waals surface area contributed by atoms with Crippen molar-refractivity contribution in [3.8, 4) is 0 Å². The van der Waals surface area contributed by atoms with Crippen molar-refractivity contribution in [3.63, 3.8) is 0 Å². The van der Waals surface area contributed by atoms with Crippen LogP contribution in [0, 0.1) is 5.82 Å². The lowest BCUT2D eigenvalue weighted by atomic mass is 10.0. The van der Waals surface area contributed by atoms with E-state index in [-0.39, 0.29) is 22.0 Å². The van der Waals surface area contributed by atoms with E-state index >= 15 is 0 Å². The largest absolute Gasteiger partial charge is 0.398 e. The van der Waals surface area contributed by atoms with Gasteiger partial charge in [-0.2, -0.15) is 0 Å². The zero-order valence-electron chi connectivity index (χ0n) is 13.4. The maximum atomic E-state index is 13.2. The van der Waals surface area contributed by atoms with Crippen LogP contribution in [0.5, 0.6) is 0 Å². The molecule has 0 atom stereocenters. The van der Waals surface area contributed by atoms with Crippen LogP contribution in [-0.2, 0) is 6.42 Å². The Kier molecular flexibility index (Phi) is 6.14. The minimum Gasteiger partial charge on any atom is -0.398 e. The monoisotopic (exact) mass is 371 g/mol. The van der Waals surface area contributed by atoms with Crippen LogP contribution in [-0.4, -0.2) is 18.9 Å². The van der Waals surface area contributed by atoms with Gasteiger partial charge in [-0.05, 0) is 42.3 Å². The molecular weight excluding hydrogens is 355 g/mol. The van der Waals surface area contributed by atoms with E-state index in [1.165, 1.54) is 18.2 Å². The number of benzene rings is 2. The Balaban J connectivity index is 2.32. The molecule has 0 spiro atoms. The fourth-order valence-electron chi connectivity index (χ4n) is 2.26. The van der Waals surface area contributed by atoms with Crippen molar-refractivity contribution in [3.05, 3.63) is 52.3 Å². The third-order valence-electron chi connectivity index (χ3n) is 3.53. The number of nitrogens with one attached hydrogen (secondary N) is 2. The zero-order chi connectivity index (χ0) is 18.6. The summed E-state index contributed by atoms with van der Waals surface area (Å²) in [6.45, 7) is 1.26. The van der Waals surface area contributed by atoms with Gasteiger partial charge < -0.3 is 16.4 Å². The van der Waals surface area contributed by atoms with Crippen LogP contribution in [0.25, 0.3) is 0 Å². The molecule has 2 rings (SSSR count). The van der Waals surface area contributed by atoms with Gasteiger partial charge in [0.05, 0.1) is 17.1 Å². The predicted molar refractivity (Wildman–Crippen MR) is 94.1 cm³/mol. The number of carbonyl (C=O) groups is 1. The third kappa shape index (κ3) is 4.79. The van der Waals surface area contributed by atoms with Crippen molar-refractivity contribution in [2.75, 3.05) is 22.9 Å². The fraction of sp³-hybridized carbons (Fsp3) is 0.235. The first-order valence-electron chi connectivity index (χ1n) is 7.52. The van der Waals surface area contributed by atoms with Crippen molar-refractivity contribution < 1.29 is 18.0 Å². The Hall–Kier alpha value is -2.41. The fourth-order valence-corrected chi connectivity index (χ4v) is 2.44. The highest BCUT2D eigenvalue weighted by Gasteiger charge is 2.16. The lowest BCUT2D eigenvalue weighted by Gasteiger charge is -2.15. The summed E-state index contributed by atoms with van der Waals surface area (Å²) in [5, 5.41) is 4.95. The van der Waals surface area contributed by atoms with Crippen LogP contribution in [0.1, 0.15) is 22.8 Å². The van der Waals surface area contributed by atoms with Crippen LogP contribution < -0.4 is 16.4 Å². The molecule has 4 nitrogen and oxygen atoms in total. The summed E-state index contributed by atoms with van der Waals surface area (Å²) in [4.78, 5) is 12.5. The van der Waals surface area contributed by atoms with Gasteiger partial charge in [-0.1, -0.05) is 18.5 Å². The van der Waals surface area contributed by atoms with Crippen LogP contribution in [0.15, 0.2) is 30.3 Å². The van der Waals surface area contributed by atoms with Crippen LogP contribution in [0.2, 0.25) is 5.02 Å². The summed E-state index contributed by atoms with van der Waals surface area (Å²) >= 11 is 5.68. The molecular formula is C17H17ClF3N3O. The van der Waals surface area contributed by atoms with Gasteiger partial charge in [0.15, 0.2) is 0 Å². The lowest BCUT2D eigenvalue weighted by molar-refractivity contribution is 0.102. The molecule has 4 N–H and O–H groups in total. The number of rotatable bonds is 6. The van der Waals surface area contributed by atoms with Gasteiger partial charge >= 0.3 is 0 Å². The molecule has 0 unspecified atom stereocenters. The number of aryl methyl sites for hydroxylation is 1. The summed E-state index contributed by atoms with van der Waals surface area (Å²) in [6.07, 6.45) is -1.99. The average Bonchev–Trinajstić information content (AvgIpc) is 2.56. The first-order valence-corrected chi connectivity index (χ1v) is 7.90. The standard InChI is InChI=1S/C17H17ClF3N3O/c1-2-9-5-15(23-8-16(20)21)11(7-14(9)22)17(25)24-10-3-4-13(19)12(18)6-10/h3-7,16,23H,2,8,22H2,1H3,(H,24,25). The molecule has 1 amide bonds. The summed E-state index contributed by atoms with van der Waals surface area (Å²) in [6, 6.07) is 6.71. The van der Waals surface area contributed by atoms with Gasteiger partial charge in [-0.15, -0.1) is 0 Å². The molecule has 134 valence electrons. The van der Waals surface area contributed by atoms with E-state index in [0.717, 1.165) is 11.6 Å². The number of nitrogen functional groups attached to an aromatic ring is 1. The topological polar surface area (TPSA) is 67.2 Å². The number of hydrogen-bond acceptors (Lipinski definition) is 3. The minimum atomic E-state index is -2.57. The van der Waals surface area contributed by atoms with Crippen LogP contribution in [0.4, 0.5) is 30.2 Å². The van der Waals surface area contributed by atoms with E-state index in [2.05, 4.69) is 10.6 Å². The van der Waals surface area contributed by atoms with E-state index < -0.39 is 24.7 Å². The first-order chi connectivity index (χ1) is 11.8. The van der Waals surface area contributed by atoms with E-state index in [9.17, 15) is 18.0 Å². The molecule has 0 aromatic heterocycles. The molecule has 0 radical (unpaired) electrons. The van der Waals surface area contributed by atoms with Gasteiger partial charge in [-0.25, -0.2) is 13.2 Å². The van der Waals surface area contributed by atoms with E-state index in [4.69, 9.17) is 17.3 Å². The van der Waals surface area contributed by atoms with Gasteiger partial charge in [-0.3, -0.25) is 4.79 Å². The van der Waals surface area contributed by atoms with Crippen molar-refractivity contribution >= 4 is 34.6 Å². The lowest BCUT2D eigenvalue weighted by Crippen LogP contribution is -2.18. The molecule has 0 aliphatic carbocycles. The molecule has 25 heavy (non-hydrogen) atoms. The molecule has 0 heterocycles. The number of nitrogens with two attached hydrogens (primary N) is 1. The number of alkyl halides is 2. The quantitative estimate of drug-likeness (QED) is 0.652. The Morgan fingerprint density at radius 2 is 2.00 bits per heavy atom. The number of carbonyl (C=O) groups excluding carboxylic acids is 1. The second kappa shape index (κ2) is 8.11. The maximum absolute atomic E-state index is 13.2. The highest BCUT2D eigenvalue weighted by atomic mass is 35.5. The highest BCUT2D eigenvalue weighted by molar-refractivity contribution is 6.31. The number of halogens is 4. The van der Waals surface area contributed by atoms with E-state index in [1.807, 2.05) is 6.92 Å². The van der Waals surface area contributed by atoms with Crippen LogP contribution in [0.3, 0.4) is 0 Å². The number of amides is 1. The molecule has 0 fully saturated rings. The molecule has 0 saturated carbocycles. The Morgan fingerprint density at radius 3 is 2.60 bits per heavy atom. The van der Waals surface area contributed by atoms with Crippen molar-refractivity contribution in [1.29, 1.82) is 0 Å². The minimum absolute atomic E-state index is 0.107. The Labute approximate surface area is 148 Å². The number of hydrogen-bond donors (Lipinski definition) is 3. The third-order valence-corrected chi connectivity index (χ3v) is 3.82. The number of anilines is 3. The van der Waals surface area contributed by atoms with Gasteiger partial charge in [0.25, 0.3) is 12.3 Å². The molecule has 0 saturated heterocycles. The van der Waals surface area contributed by atoms with E-state index in [0.29, 0.717) is 12.1 Å². The van der Waals surface area contributed by atoms with Crippen molar-refractivity contribution in [2.24, 2.45) is 0 Å². The second-order valence-corrected chi connectivity index (χ2v) is 5.71. The molecule has 0 aliphatic heterocycles. The van der Waals surface area contributed by atoms with Crippen LogP contribution >= 0.6 is 11.6 Å². The molecule has 2 aromatic carbocycles. The van der Waals surface area contributed by atoms with Gasteiger partial charge in [0.2, 0.25) is 0 Å². The van der Waals surface area contributed by atoms with Gasteiger partial charge in [0.1, 0.15) is 5.82 Å². The van der Waals surface area contributed by atoms with Crippen molar-refractivity contribution in [1.82, 2.24) is 0 Å². The summed E-state index contributed by atoms with van der Waals surface area (Å²) in [5.41, 5.74) is 7.65. The Bertz CT molecular complexity index is 784. The highest BCUT2D eigenvalue weighted by Crippen LogP contribution is 2.26. The summed E-state index contributed by atoms with van der Waals surface area (Å²) in [5.74, 6) is -1.19. The van der Waals surface area contributed by atoms with E-state index in [1.54, 1.807) is 6.07 Å². The second-order valence-electron chi connectivity index (χ2n) is 5.31. The van der Waals surface area contributed by atoms with Gasteiger partial charge in [0, 0.05) is 17.1 Å². The average molecular weight is 372 g/mol. The zero-order valence-corrected chi connectivity index (χ0v) is 14.1. The summed E-state index contributed by atoms with van der Waals surface area (Å²) < 4.78 is 38.2. The maximum Gasteiger partial charge on any atom is 0.257 e. The molecule has 0 aliphatic rings. The SMILES string of the molecule is CCc1cc(NCC(F)F)c(C(=O)Nc2ccc(F)c(Cl)c2)cc1N. The normalized spacial score (nSPS) is 10.8. The molecule has 8 heteroatoms. The smallest absolute Gasteiger partial charge is 0.257 e. The summed E-state index contributed by atoms with van der Waals surface area (Å²) in [7, 11) is 0. The van der Waals surface area contributed by atoms with Crippen molar-refractivity contribution in [2.45, 2.75) is 19.8 Å². The molecule has 2 aromatic rings.